The third-order valence-corrected chi connectivity index (χ3v) is 2.91. The number of rotatable bonds is 2. The second-order valence-electron chi connectivity index (χ2n) is 6.05. The first-order valence-corrected chi connectivity index (χ1v) is 5.78. The summed E-state index contributed by atoms with van der Waals surface area (Å²) >= 11 is 0. The Morgan fingerprint density at radius 1 is 0.944 bits per heavy atom. The summed E-state index contributed by atoms with van der Waals surface area (Å²) in [6, 6.07) is 3.89. The minimum atomic E-state index is -3.64. The van der Waals surface area contributed by atoms with E-state index >= 15 is 0 Å². The number of hydrogen-bond donors (Lipinski definition) is 1. The summed E-state index contributed by atoms with van der Waals surface area (Å²) in [4.78, 5) is 0. The third kappa shape index (κ3) is 2.53. The summed E-state index contributed by atoms with van der Waals surface area (Å²) in [6.07, 6.45) is 0. The van der Waals surface area contributed by atoms with Gasteiger partial charge in [-0.05, 0) is 30.9 Å². The highest BCUT2D eigenvalue weighted by atomic mass is 19.3. The van der Waals surface area contributed by atoms with Gasteiger partial charge in [-0.2, -0.15) is 8.78 Å². The van der Waals surface area contributed by atoms with Gasteiger partial charge in [0.2, 0.25) is 0 Å². The van der Waals surface area contributed by atoms with E-state index in [9.17, 15) is 18.3 Å². The predicted octanol–water partition coefficient (Wildman–Crippen LogP) is 3.99. The van der Waals surface area contributed by atoms with Gasteiger partial charge in [-0.3, -0.25) is 0 Å². The molecule has 0 aliphatic rings. The quantitative estimate of drug-likeness (QED) is 0.852. The van der Waals surface area contributed by atoms with Gasteiger partial charge in [0, 0.05) is 0 Å². The standard InChI is InChI=1S/C14H19F3O/c1-12(2,3)9-7-6-8-10(11(9)15)14(16,17)13(4,5)18/h6-8,18H,1-5H3. The van der Waals surface area contributed by atoms with Gasteiger partial charge in [-0.15, -0.1) is 0 Å². The molecule has 4 heteroatoms. The molecule has 1 aromatic carbocycles. The summed E-state index contributed by atoms with van der Waals surface area (Å²) in [5, 5.41) is 9.50. The zero-order valence-electron chi connectivity index (χ0n) is 11.3. The van der Waals surface area contributed by atoms with E-state index < -0.39 is 28.3 Å². The third-order valence-electron chi connectivity index (χ3n) is 2.91. The van der Waals surface area contributed by atoms with Crippen molar-refractivity contribution in [2.75, 3.05) is 0 Å². The van der Waals surface area contributed by atoms with E-state index in [1.807, 2.05) is 0 Å². The number of benzene rings is 1. The molecule has 1 nitrogen and oxygen atoms in total. The predicted molar refractivity (Wildman–Crippen MR) is 65.3 cm³/mol. The number of alkyl halides is 2. The van der Waals surface area contributed by atoms with Crippen LogP contribution in [0.3, 0.4) is 0 Å². The van der Waals surface area contributed by atoms with Crippen LogP contribution < -0.4 is 0 Å². The highest BCUT2D eigenvalue weighted by Gasteiger charge is 2.49. The maximum Gasteiger partial charge on any atom is 0.303 e. The number of aliphatic hydroxyl groups is 1. The van der Waals surface area contributed by atoms with Crippen LogP contribution in [0, 0.1) is 5.82 Å². The molecule has 0 atom stereocenters. The number of halogens is 3. The van der Waals surface area contributed by atoms with Gasteiger partial charge in [-0.1, -0.05) is 32.9 Å². The average Bonchev–Trinajstić information content (AvgIpc) is 2.13. The Morgan fingerprint density at radius 2 is 1.39 bits per heavy atom. The van der Waals surface area contributed by atoms with Crippen molar-refractivity contribution in [3.8, 4) is 0 Å². The summed E-state index contributed by atoms with van der Waals surface area (Å²) in [7, 11) is 0. The van der Waals surface area contributed by atoms with Crippen molar-refractivity contribution in [3.05, 3.63) is 35.1 Å². The zero-order valence-corrected chi connectivity index (χ0v) is 11.3. The monoisotopic (exact) mass is 260 g/mol. The maximum absolute atomic E-state index is 14.2. The van der Waals surface area contributed by atoms with E-state index in [-0.39, 0.29) is 5.56 Å². The van der Waals surface area contributed by atoms with Crippen LogP contribution in [-0.4, -0.2) is 10.7 Å². The van der Waals surface area contributed by atoms with Crippen molar-refractivity contribution >= 4 is 0 Å². The fourth-order valence-electron chi connectivity index (χ4n) is 1.68. The largest absolute Gasteiger partial charge is 0.384 e. The minimum Gasteiger partial charge on any atom is -0.384 e. The van der Waals surface area contributed by atoms with Crippen molar-refractivity contribution in [1.82, 2.24) is 0 Å². The summed E-state index contributed by atoms with van der Waals surface area (Å²) in [5.41, 5.74) is -3.44. The van der Waals surface area contributed by atoms with Gasteiger partial charge < -0.3 is 5.11 Å². The molecule has 0 saturated heterocycles. The molecule has 0 aliphatic carbocycles. The van der Waals surface area contributed by atoms with E-state index in [0.29, 0.717) is 0 Å². The number of hydrogen-bond acceptors (Lipinski definition) is 1. The van der Waals surface area contributed by atoms with Crippen LogP contribution in [0.1, 0.15) is 45.7 Å². The SMILES string of the molecule is CC(C)(C)c1cccc(C(F)(F)C(C)(C)O)c1F. The Bertz CT molecular complexity index is 439. The Balaban J connectivity index is 3.46. The smallest absolute Gasteiger partial charge is 0.303 e. The molecule has 18 heavy (non-hydrogen) atoms. The molecule has 1 rings (SSSR count). The van der Waals surface area contributed by atoms with E-state index in [1.165, 1.54) is 12.1 Å². The fourth-order valence-corrected chi connectivity index (χ4v) is 1.68. The molecular weight excluding hydrogens is 241 g/mol. The van der Waals surface area contributed by atoms with Crippen LogP contribution in [0.5, 0.6) is 0 Å². The van der Waals surface area contributed by atoms with Crippen LogP contribution in [-0.2, 0) is 11.3 Å². The normalized spacial score (nSPS) is 13.8. The topological polar surface area (TPSA) is 20.2 Å². The molecule has 0 amide bonds. The molecule has 0 radical (unpaired) electrons. The minimum absolute atomic E-state index is 0.212. The van der Waals surface area contributed by atoms with Crippen molar-refractivity contribution < 1.29 is 18.3 Å². The molecule has 1 N–H and O–H groups in total. The molecule has 0 bridgehead atoms. The highest BCUT2D eigenvalue weighted by molar-refractivity contribution is 5.34. The second-order valence-corrected chi connectivity index (χ2v) is 6.05. The van der Waals surface area contributed by atoms with Crippen molar-refractivity contribution in [1.29, 1.82) is 0 Å². The van der Waals surface area contributed by atoms with Crippen LogP contribution in [0.25, 0.3) is 0 Å². The van der Waals surface area contributed by atoms with Gasteiger partial charge in [0.25, 0.3) is 0 Å². The maximum atomic E-state index is 14.2. The van der Waals surface area contributed by atoms with Crippen LogP contribution in [0.4, 0.5) is 13.2 Å². The van der Waals surface area contributed by atoms with Gasteiger partial charge in [0.1, 0.15) is 11.4 Å². The lowest BCUT2D eigenvalue weighted by atomic mass is 9.83. The average molecular weight is 260 g/mol. The van der Waals surface area contributed by atoms with E-state index in [1.54, 1.807) is 20.8 Å². The fraction of sp³-hybridized carbons (Fsp3) is 0.571. The molecule has 0 aliphatic heterocycles. The Hall–Kier alpha value is -1.03. The van der Waals surface area contributed by atoms with Crippen molar-refractivity contribution in [3.63, 3.8) is 0 Å². The zero-order chi connectivity index (χ0) is 14.4. The molecule has 0 unspecified atom stereocenters. The van der Waals surface area contributed by atoms with Gasteiger partial charge in [0.05, 0.1) is 5.56 Å². The molecule has 102 valence electrons. The van der Waals surface area contributed by atoms with Crippen LogP contribution >= 0.6 is 0 Å². The van der Waals surface area contributed by atoms with Crippen LogP contribution in [0.15, 0.2) is 18.2 Å². The molecule has 0 aromatic heterocycles. The first-order chi connectivity index (χ1) is 7.89. The first kappa shape index (κ1) is 15.0. The Labute approximate surface area is 106 Å². The van der Waals surface area contributed by atoms with E-state index in [4.69, 9.17) is 0 Å². The van der Waals surface area contributed by atoms with Gasteiger partial charge in [0.15, 0.2) is 0 Å². The highest BCUT2D eigenvalue weighted by Crippen LogP contribution is 2.41. The summed E-state index contributed by atoms with van der Waals surface area (Å²) in [6.45, 7) is 7.18. The van der Waals surface area contributed by atoms with Crippen molar-refractivity contribution in [2.24, 2.45) is 0 Å². The lowest BCUT2D eigenvalue weighted by Gasteiger charge is -2.31. The van der Waals surface area contributed by atoms with E-state index in [2.05, 4.69) is 0 Å². The van der Waals surface area contributed by atoms with Gasteiger partial charge in [-0.25, -0.2) is 4.39 Å². The molecule has 0 saturated carbocycles. The van der Waals surface area contributed by atoms with Crippen molar-refractivity contribution in [2.45, 2.75) is 51.6 Å². The molecule has 0 spiro atoms. The van der Waals surface area contributed by atoms with Crippen LogP contribution in [0.2, 0.25) is 0 Å². The molecule has 1 aromatic rings. The Morgan fingerprint density at radius 3 is 1.78 bits per heavy atom. The lowest BCUT2D eigenvalue weighted by Crippen LogP contribution is -2.41. The first-order valence-electron chi connectivity index (χ1n) is 5.78. The summed E-state index contributed by atoms with van der Waals surface area (Å²) < 4.78 is 42.2. The lowest BCUT2D eigenvalue weighted by molar-refractivity contribution is -0.170. The molecular formula is C14H19F3O. The molecule has 0 heterocycles. The molecule has 0 fully saturated rings. The Kier molecular flexibility index (Phi) is 3.56. The second kappa shape index (κ2) is 4.26. The summed E-state index contributed by atoms with van der Waals surface area (Å²) in [5.74, 6) is -4.59. The van der Waals surface area contributed by atoms with Gasteiger partial charge >= 0.3 is 5.92 Å². The van der Waals surface area contributed by atoms with E-state index in [0.717, 1.165) is 19.9 Å².